The average Bonchev–Trinajstić information content (AvgIpc) is 3.52. The van der Waals surface area contributed by atoms with Crippen molar-refractivity contribution in [2.24, 2.45) is 40.9 Å². The van der Waals surface area contributed by atoms with E-state index in [0.717, 1.165) is 18.2 Å². The second-order valence-electron chi connectivity index (χ2n) is 15.0. The molecule has 0 saturated heterocycles. The van der Waals surface area contributed by atoms with E-state index in [2.05, 4.69) is 59.1 Å². The fourth-order valence-corrected chi connectivity index (χ4v) is 7.99. The number of nitrogens with two attached hydrogens (primary N) is 2. The Morgan fingerprint density at radius 1 is 0.547 bits per heavy atom. The van der Waals surface area contributed by atoms with Gasteiger partial charge in [-0.1, -0.05) is 35.0 Å². The molecule has 6 N–H and O–H groups in total. The van der Waals surface area contributed by atoms with E-state index in [0.29, 0.717) is 28.0 Å². The van der Waals surface area contributed by atoms with Crippen molar-refractivity contribution >= 4 is 144 Å². The SMILES string of the molecule is Nc1ccc(N=Nc2c[c-]ccc2)c2c[c-]c(N=Nc3c[c-]c(/C=C/c4ccc(N=Nc5c(S(=O)(=O)[O-])cc6c(N=Nc7cccc(C(=O)[O-])c7)ccc(N)c6c5O)cc4S(=O)(=O)[O-])cc3)c(O)c12.O=C=O.O=S(=O)=O.O=S(=O)=O.[Na+].[Na+].[Na+].[Na+].[Na+].[Na+]. The van der Waals surface area contributed by atoms with E-state index in [1.807, 2.05) is 0 Å². The minimum absolute atomic E-state index is 0. The number of nitrogen functional groups attached to an aromatic ring is 2. The van der Waals surface area contributed by atoms with Crippen LogP contribution in [0.1, 0.15) is 21.5 Å². The standard InChI is InChI=1S/C47H31N10O10S2.CO2.6Na.2O3S/c48-35-18-21-37(54-50-29-6-2-1-3-7-29)33-17-20-39(45(58)42(33)35)56-51-30-14-10-26(11-15-30)9-12-27-13-16-32(24-40(27)68(62,63)64)53-57-44-41(69(65,66)67)25-34-38(22-19-36(49)43(34)46(44)59)55-52-31-8-4-5-28(23-31)47(60)61;2-1-3;;;;;;;2*1-4(2)3/h1-2,4-10,12-19,21-25,58-59H,48-49H2,(H,60,61)(H,62,63,64)(H,65,66,67);;;;;;;;;/q-3;;6*+1;;/p-3/b12-9+,54-50?,55-52?,56-51?,57-53?;;;;;;;;;. The number of aromatic carboxylic acids is 1. The number of hydrogen-bond donors (Lipinski definition) is 4. The molecule has 0 radical (unpaired) electrons. The summed E-state index contributed by atoms with van der Waals surface area (Å²) in [5.74, 6) is -2.66. The Bertz CT molecular complexity index is 4360. The summed E-state index contributed by atoms with van der Waals surface area (Å²) in [5, 5.41) is 66.4. The van der Waals surface area contributed by atoms with Crippen LogP contribution < -0.4 is 194 Å². The van der Waals surface area contributed by atoms with Gasteiger partial charge in [-0.05, 0) is 71.4 Å². The number of carboxylic acid groups (broad SMARTS) is 1. The number of rotatable bonds is 13. The zero-order valence-corrected chi connectivity index (χ0v) is 60.8. The number of nitrogens with zero attached hydrogens (tertiary/aromatic N) is 8. The molecule has 0 fully saturated rings. The monoisotopic (exact) mass is 1300 g/mol. The second kappa shape index (κ2) is 39.5. The fourth-order valence-electron chi connectivity index (χ4n) is 6.66. The van der Waals surface area contributed by atoms with Crippen molar-refractivity contribution < 1.29 is 258 Å². The summed E-state index contributed by atoms with van der Waals surface area (Å²) in [6.45, 7) is 0. The molecular weight excluding hydrogens is 1270 g/mol. The smallest absolute Gasteiger partial charge is 0.744 e. The summed E-state index contributed by atoms with van der Waals surface area (Å²) >= 11 is 0. The Labute approximate surface area is 623 Å². The third-order valence-corrected chi connectivity index (χ3v) is 11.7. The molecule has 0 bridgehead atoms. The predicted molar refractivity (Wildman–Crippen MR) is 273 cm³/mol. The Balaban J connectivity index is 0. The van der Waals surface area contributed by atoms with Gasteiger partial charge in [0, 0.05) is 39.6 Å². The van der Waals surface area contributed by atoms with Gasteiger partial charge in [-0.15, -0.1) is 71.9 Å². The van der Waals surface area contributed by atoms with E-state index >= 15 is 0 Å². The van der Waals surface area contributed by atoms with Crippen LogP contribution in [0.3, 0.4) is 0 Å². The van der Waals surface area contributed by atoms with Crippen LogP contribution >= 0.6 is 0 Å². The molecule has 8 rings (SSSR count). The molecule has 408 valence electrons. The van der Waals surface area contributed by atoms with Crippen LogP contribution in [0.5, 0.6) is 11.5 Å². The van der Waals surface area contributed by atoms with Crippen molar-refractivity contribution in [3.63, 3.8) is 0 Å². The molecule has 8 aromatic carbocycles. The van der Waals surface area contributed by atoms with Crippen molar-refractivity contribution in [1.82, 2.24) is 0 Å². The number of carboxylic acids is 1. The molecule has 0 spiro atoms. The van der Waals surface area contributed by atoms with Gasteiger partial charge in [0.2, 0.25) is 0 Å². The molecule has 0 aliphatic heterocycles. The molecule has 8 aromatic rings. The number of hydrogen-bond acceptors (Lipinski definition) is 28. The van der Waals surface area contributed by atoms with Gasteiger partial charge >= 0.3 is 205 Å². The molecule has 0 amide bonds. The van der Waals surface area contributed by atoms with Crippen LogP contribution in [0.2, 0.25) is 0 Å². The first kappa shape index (κ1) is 83.6. The average molecular weight is 1300 g/mol. The van der Waals surface area contributed by atoms with Gasteiger partial charge in [0.1, 0.15) is 25.9 Å². The quantitative estimate of drug-likeness (QED) is 0.0208. The molecule has 86 heavy (non-hydrogen) atoms. The van der Waals surface area contributed by atoms with E-state index in [-0.39, 0.29) is 251 Å². The van der Waals surface area contributed by atoms with Crippen molar-refractivity contribution in [3.8, 4) is 11.5 Å². The molecule has 0 heterocycles. The van der Waals surface area contributed by atoms with Crippen molar-refractivity contribution in [2.45, 2.75) is 9.79 Å². The number of phenolic OH excluding ortho intramolecular Hbond substituents is 2. The molecule has 0 unspecified atom stereocenters. The second-order valence-corrected chi connectivity index (χ2v) is 18.5. The molecule has 38 heteroatoms. The number of carbonyl (C=O) groups excluding carboxylic acids is 3. The van der Waals surface area contributed by atoms with E-state index in [1.165, 1.54) is 60.7 Å². The number of carbonyl (C=O) groups is 1. The van der Waals surface area contributed by atoms with Crippen LogP contribution in [0.25, 0.3) is 33.7 Å². The van der Waals surface area contributed by atoms with Crippen molar-refractivity contribution in [2.75, 3.05) is 11.5 Å². The Morgan fingerprint density at radius 3 is 1.58 bits per heavy atom. The van der Waals surface area contributed by atoms with Gasteiger partial charge in [-0.2, -0.15) is 72.0 Å². The van der Waals surface area contributed by atoms with Crippen molar-refractivity contribution in [3.05, 3.63) is 156 Å². The molecule has 0 aliphatic rings. The first-order valence-corrected chi connectivity index (χ1v) is 25.9. The van der Waals surface area contributed by atoms with Crippen LogP contribution in [0.15, 0.2) is 172 Å². The number of anilines is 2. The van der Waals surface area contributed by atoms with Gasteiger partial charge in [-0.25, -0.2) is 27.1 Å². The van der Waals surface area contributed by atoms with E-state index in [4.69, 9.17) is 46.3 Å². The topological polar surface area (TPSA) is 482 Å². The van der Waals surface area contributed by atoms with Crippen LogP contribution in [0.4, 0.5) is 56.9 Å². The van der Waals surface area contributed by atoms with E-state index in [1.54, 1.807) is 54.6 Å². The largest absolute Gasteiger partial charge is 1.00 e. The summed E-state index contributed by atoms with van der Waals surface area (Å²) in [4.78, 5) is 25.7. The number of fused-ring (bicyclic) bond motifs is 2. The molecule has 0 aliphatic carbocycles. The number of azo groups is 4. The van der Waals surface area contributed by atoms with Crippen molar-refractivity contribution in [1.29, 1.82) is 0 Å². The molecule has 0 atom stereocenters. The summed E-state index contributed by atoms with van der Waals surface area (Å²) in [5.41, 5.74) is 12.8. The van der Waals surface area contributed by atoms with Gasteiger partial charge in [0.15, 0.2) is 5.75 Å². The zero-order valence-electron chi connectivity index (χ0n) is 45.5. The minimum Gasteiger partial charge on any atom is -0.744 e. The third-order valence-electron chi connectivity index (χ3n) is 9.94. The van der Waals surface area contributed by atoms with E-state index in [9.17, 15) is 46.1 Å². The van der Waals surface area contributed by atoms with Gasteiger partial charge in [0.05, 0.1) is 38.2 Å². The maximum absolute atomic E-state index is 12.5. The molecular formula is C48H28N10Na6O18S4. The van der Waals surface area contributed by atoms with Gasteiger partial charge in [-0.3, -0.25) is 0 Å². The van der Waals surface area contributed by atoms with Crippen LogP contribution in [0, 0.1) is 18.2 Å². The van der Waals surface area contributed by atoms with Gasteiger partial charge < -0.3 is 40.7 Å². The normalized spacial score (nSPS) is 10.7. The van der Waals surface area contributed by atoms with E-state index < -0.39 is 68.7 Å². The minimum atomic E-state index is -5.42. The van der Waals surface area contributed by atoms with Crippen LogP contribution in [-0.4, -0.2) is 73.5 Å². The first-order chi connectivity index (χ1) is 37.8. The Kier molecular flexibility index (Phi) is 38.4. The number of aromatic hydroxyl groups is 2. The summed E-state index contributed by atoms with van der Waals surface area (Å²) in [6.07, 6.45) is 3.01. The molecule has 0 aromatic heterocycles. The summed E-state index contributed by atoms with van der Waals surface area (Å²) in [7, 11) is -16.8. The fraction of sp³-hybridized carbons (Fsp3) is 0. The molecule has 28 nitrogen and oxygen atoms in total. The maximum Gasteiger partial charge on any atom is 1.00 e. The van der Waals surface area contributed by atoms with Gasteiger partial charge in [0.25, 0.3) is 0 Å². The number of benzene rings is 8. The van der Waals surface area contributed by atoms with Crippen LogP contribution in [-0.2, 0) is 51.0 Å². The number of phenols is 2. The summed E-state index contributed by atoms with van der Waals surface area (Å²) < 4.78 is 126. The first-order valence-electron chi connectivity index (χ1n) is 21.1. The zero-order chi connectivity index (χ0) is 58.9. The Morgan fingerprint density at radius 2 is 1.05 bits per heavy atom. The predicted octanol–water partition coefficient (Wildman–Crippen LogP) is -10.6. The molecule has 0 saturated carbocycles. The third kappa shape index (κ3) is 24.8. The summed E-state index contributed by atoms with van der Waals surface area (Å²) in [6, 6.07) is 37.0. The maximum atomic E-state index is 12.5. The Hall–Kier alpha value is -4.47.